The molecule has 2 aliphatic heterocycles. The fraction of sp³-hybridized carbons (Fsp3) is 0.458. The van der Waals surface area contributed by atoms with Gasteiger partial charge in [-0.25, -0.2) is 13.8 Å². The molecule has 2 aromatic rings. The quantitative estimate of drug-likeness (QED) is 0.718. The number of pyridine rings is 1. The number of hydrogen-bond acceptors (Lipinski definition) is 5. The van der Waals surface area contributed by atoms with Gasteiger partial charge in [0.2, 0.25) is 11.8 Å². The van der Waals surface area contributed by atoms with Crippen LogP contribution in [0.4, 0.5) is 8.78 Å². The second-order valence-corrected chi connectivity index (χ2v) is 8.81. The number of aromatic nitrogens is 1. The predicted octanol–water partition coefficient (Wildman–Crippen LogP) is 3.03. The van der Waals surface area contributed by atoms with Crippen molar-refractivity contribution in [2.45, 2.75) is 32.4 Å². The van der Waals surface area contributed by atoms with Crippen molar-refractivity contribution in [1.29, 1.82) is 0 Å². The molecule has 0 bridgehead atoms. The lowest BCUT2D eigenvalue weighted by molar-refractivity contribution is -0.128. The Morgan fingerprint density at radius 2 is 2.00 bits per heavy atom. The van der Waals surface area contributed by atoms with Crippen LogP contribution >= 0.6 is 0 Å². The molecular weight excluding hydrogens is 432 g/mol. The zero-order valence-corrected chi connectivity index (χ0v) is 18.8. The lowest BCUT2D eigenvalue weighted by Crippen LogP contribution is -2.50. The number of likely N-dealkylation sites (tertiary alicyclic amines) is 1. The lowest BCUT2D eigenvalue weighted by Gasteiger charge is -2.36. The van der Waals surface area contributed by atoms with Gasteiger partial charge in [0.05, 0.1) is 26.4 Å². The van der Waals surface area contributed by atoms with Crippen molar-refractivity contribution < 1.29 is 27.8 Å². The summed E-state index contributed by atoms with van der Waals surface area (Å²) >= 11 is 0. The molecule has 176 valence electrons. The van der Waals surface area contributed by atoms with Crippen LogP contribution in [-0.2, 0) is 9.53 Å². The van der Waals surface area contributed by atoms with Gasteiger partial charge in [-0.05, 0) is 43.0 Å². The highest BCUT2D eigenvalue weighted by Crippen LogP contribution is 2.33. The summed E-state index contributed by atoms with van der Waals surface area (Å²) in [5, 5.41) is 2.89. The van der Waals surface area contributed by atoms with E-state index in [1.165, 1.54) is 31.2 Å². The minimum Gasteiger partial charge on any atom is -0.481 e. The Morgan fingerprint density at radius 1 is 1.24 bits per heavy atom. The van der Waals surface area contributed by atoms with Crippen LogP contribution in [-0.4, -0.2) is 54.6 Å². The minimum absolute atomic E-state index is 0.0857. The molecule has 9 heteroatoms. The Bertz CT molecular complexity index is 1060. The normalized spacial score (nSPS) is 21.4. The summed E-state index contributed by atoms with van der Waals surface area (Å²) in [7, 11) is 1.46. The average Bonchev–Trinajstić information content (AvgIpc) is 3.16. The van der Waals surface area contributed by atoms with Gasteiger partial charge in [-0.1, -0.05) is 6.92 Å². The number of methoxy groups -OCH3 is 1. The van der Waals surface area contributed by atoms with E-state index in [4.69, 9.17) is 9.47 Å². The number of ether oxygens (including phenoxy) is 2. The molecule has 3 heterocycles. The summed E-state index contributed by atoms with van der Waals surface area (Å²) in [5.41, 5.74) is 0.646. The van der Waals surface area contributed by atoms with Crippen LogP contribution in [0.5, 0.6) is 5.88 Å². The maximum atomic E-state index is 14.7. The Labute approximate surface area is 191 Å². The van der Waals surface area contributed by atoms with Crippen LogP contribution in [0.3, 0.4) is 0 Å². The highest BCUT2D eigenvalue weighted by Gasteiger charge is 2.41. The van der Waals surface area contributed by atoms with Crippen molar-refractivity contribution >= 4 is 11.8 Å². The number of carbonyl (C=O) groups excluding carboxylic acids is 2. The molecule has 0 spiro atoms. The third-order valence-electron chi connectivity index (χ3n) is 6.31. The largest absolute Gasteiger partial charge is 0.481 e. The third kappa shape index (κ3) is 4.68. The second kappa shape index (κ2) is 9.43. The first-order valence-corrected chi connectivity index (χ1v) is 10.9. The predicted molar refractivity (Wildman–Crippen MR) is 116 cm³/mol. The van der Waals surface area contributed by atoms with Crippen LogP contribution < -0.4 is 10.1 Å². The number of nitrogens with zero attached hydrogens (tertiary/aromatic N) is 2. The van der Waals surface area contributed by atoms with Gasteiger partial charge in [0.1, 0.15) is 17.7 Å². The van der Waals surface area contributed by atoms with E-state index in [1.54, 1.807) is 6.07 Å². The molecule has 2 fully saturated rings. The summed E-state index contributed by atoms with van der Waals surface area (Å²) in [5.74, 6) is -1.60. The maximum Gasteiger partial charge on any atom is 0.254 e. The van der Waals surface area contributed by atoms with Gasteiger partial charge in [0.15, 0.2) is 0 Å². The van der Waals surface area contributed by atoms with Gasteiger partial charge >= 0.3 is 0 Å². The summed E-state index contributed by atoms with van der Waals surface area (Å²) < 4.78 is 39.3. The van der Waals surface area contributed by atoms with E-state index in [-0.39, 0.29) is 28.9 Å². The topological polar surface area (TPSA) is 80.8 Å². The first-order valence-electron chi connectivity index (χ1n) is 10.9. The lowest BCUT2D eigenvalue weighted by atomic mass is 9.90. The number of rotatable bonds is 6. The first kappa shape index (κ1) is 23.1. The van der Waals surface area contributed by atoms with Gasteiger partial charge in [0, 0.05) is 35.9 Å². The Hall–Kier alpha value is -3.07. The summed E-state index contributed by atoms with van der Waals surface area (Å²) in [4.78, 5) is 32.1. The van der Waals surface area contributed by atoms with Crippen LogP contribution in [0.2, 0.25) is 0 Å². The smallest absolute Gasteiger partial charge is 0.254 e. The van der Waals surface area contributed by atoms with Crippen LogP contribution in [0, 0.1) is 30.4 Å². The van der Waals surface area contributed by atoms with Gasteiger partial charge in [0.25, 0.3) is 5.91 Å². The monoisotopic (exact) mass is 459 g/mol. The van der Waals surface area contributed by atoms with E-state index < -0.39 is 29.6 Å². The molecule has 0 unspecified atom stereocenters. The molecule has 0 saturated carbocycles. The van der Waals surface area contributed by atoms with E-state index in [0.717, 1.165) is 12.1 Å². The van der Waals surface area contributed by atoms with E-state index in [2.05, 4.69) is 10.3 Å². The molecule has 1 N–H and O–H groups in total. The Morgan fingerprint density at radius 3 is 2.67 bits per heavy atom. The number of halogens is 2. The molecule has 0 radical (unpaired) electrons. The molecule has 0 aliphatic carbocycles. The van der Waals surface area contributed by atoms with Crippen LogP contribution in [0.15, 0.2) is 30.5 Å². The number of nitrogens with one attached hydrogen (secondary N) is 1. The molecular formula is C24H27F2N3O4. The zero-order chi connectivity index (χ0) is 23.7. The Kier molecular flexibility index (Phi) is 6.60. The summed E-state index contributed by atoms with van der Waals surface area (Å²) in [6.07, 6.45) is 1.94. The molecule has 2 aliphatic rings. The maximum absolute atomic E-state index is 14.7. The standard InChI is InChI=1S/C24H27F2N3O4/c1-13-6-20(29(10-13)24(31)15-4-5-27-21(8-15)32-3)23(30)28-22(16-11-33-12-16)17-9-18(25)14(2)7-19(17)26/h4-5,7-9,13,16,20,22H,6,10-12H2,1-3H3,(H,28,30)/t13-,20-,22-/m1/s1. The van der Waals surface area contributed by atoms with Gasteiger partial charge < -0.3 is 19.7 Å². The molecule has 1 aromatic heterocycles. The van der Waals surface area contributed by atoms with Crippen molar-refractivity contribution in [3.05, 3.63) is 58.8 Å². The molecule has 2 saturated heterocycles. The minimum atomic E-state index is -0.754. The number of hydrogen-bond donors (Lipinski definition) is 1. The Balaban J connectivity index is 1.58. The van der Waals surface area contributed by atoms with Gasteiger partial charge in [-0.3, -0.25) is 9.59 Å². The first-order chi connectivity index (χ1) is 15.8. The number of aryl methyl sites for hydroxylation is 1. The SMILES string of the molecule is COc1cc(C(=O)N2C[C@H](C)C[C@@H]2C(=O)N[C@@H](c2cc(F)c(C)cc2F)C2COC2)ccn1. The average molecular weight is 459 g/mol. The van der Waals surface area contributed by atoms with E-state index in [0.29, 0.717) is 37.6 Å². The number of carbonyl (C=O) groups is 2. The number of amides is 2. The summed E-state index contributed by atoms with van der Waals surface area (Å²) in [6.45, 7) is 4.53. The van der Waals surface area contributed by atoms with Crippen molar-refractivity contribution in [2.75, 3.05) is 26.9 Å². The molecule has 2 amide bonds. The van der Waals surface area contributed by atoms with Crippen molar-refractivity contribution in [2.24, 2.45) is 11.8 Å². The van der Waals surface area contributed by atoms with Crippen molar-refractivity contribution in [3.8, 4) is 5.88 Å². The fourth-order valence-electron chi connectivity index (χ4n) is 4.38. The van der Waals surface area contributed by atoms with Crippen molar-refractivity contribution in [3.63, 3.8) is 0 Å². The molecule has 33 heavy (non-hydrogen) atoms. The highest BCUT2D eigenvalue weighted by atomic mass is 19.1. The van der Waals surface area contributed by atoms with Gasteiger partial charge in [-0.2, -0.15) is 0 Å². The number of benzene rings is 1. The van der Waals surface area contributed by atoms with E-state index in [1.807, 2.05) is 6.92 Å². The van der Waals surface area contributed by atoms with E-state index >= 15 is 0 Å². The third-order valence-corrected chi connectivity index (χ3v) is 6.31. The molecule has 7 nitrogen and oxygen atoms in total. The van der Waals surface area contributed by atoms with Crippen LogP contribution in [0.25, 0.3) is 0 Å². The van der Waals surface area contributed by atoms with E-state index in [9.17, 15) is 18.4 Å². The highest BCUT2D eigenvalue weighted by molar-refractivity contribution is 5.98. The molecule has 4 rings (SSSR count). The van der Waals surface area contributed by atoms with Crippen molar-refractivity contribution in [1.82, 2.24) is 15.2 Å². The zero-order valence-electron chi connectivity index (χ0n) is 18.8. The summed E-state index contributed by atoms with van der Waals surface area (Å²) in [6, 6.07) is 3.88. The second-order valence-electron chi connectivity index (χ2n) is 8.81. The van der Waals surface area contributed by atoms with Crippen LogP contribution in [0.1, 0.15) is 40.9 Å². The fourth-order valence-corrected chi connectivity index (χ4v) is 4.38. The molecule has 1 aromatic carbocycles. The van der Waals surface area contributed by atoms with Gasteiger partial charge in [-0.15, -0.1) is 0 Å². The molecule has 3 atom stereocenters.